The number of furan rings is 1. The first-order chi connectivity index (χ1) is 7.78. The Morgan fingerprint density at radius 3 is 2.62 bits per heavy atom. The molecule has 80 valence electrons. The maximum absolute atomic E-state index is 5.78. The SMILES string of the molecule is COc1ccc2oc3cc(C)ccc3c2c1. The van der Waals surface area contributed by atoms with Gasteiger partial charge < -0.3 is 9.15 Å². The van der Waals surface area contributed by atoms with Crippen LogP contribution in [-0.2, 0) is 0 Å². The molecule has 2 aromatic carbocycles. The molecular formula is C14H12O2. The fourth-order valence-corrected chi connectivity index (χ4v) is 1.99. The van der Waals surface area contributed by atoms with E-state index in [-0.39, 0.29) is 0 Å². The summed E-state index contributed by atoms with van der Waals surface area (Å²) in [6.07, 6.45) is 0. The van der Waals surface area contributed by atoms with Crippen LogP contribution in [0.1, 0.15) is 5.56 Å². The maximum Gasteiger partial charge on any atom is 0.135 e. The fourth-order valence-electron chi connectivity index (χ4n) is 1.99. The fraction of sp³-hybridized carbons (Fsp3) is 0.143. The number of hydrogen-bond acceptors (Lipinski definition) is 2. The third kappa shape index (κ3) is 1.27. The van der Waals surface area contributed by atoms with Gasteiger partial charge in [-0.05, 0) is 36.8 Å². The number of benzene rings is 2. The van der Waals surface area contributed by atoms with Gasteiger partial charge in [0.25, 0.3) is 0 Å². The van der Waals surface area contributed by atoms with E-state index in [1.165, 1.54) is 5.56 Å². The van der Waals surface area contributed by atoms with E-state index in [0.29, 0.717) is 0 Å². The van der Waals surface area contributed by atoms with Crippen LogP contribution in [0.2, 0.25) is 0 Å². The number of fused-ring (bicyclic) bond motifs is 3. The molecule has 0 N–H and O–H groups in total. The molecule has 0 saturated heterocycles. The van der Waals surface area contributed by atoms with E-state index in [0.717, 1.165) is 27.7 Å². The van der Waals surface area contributed by atoms with Crippen molar-refractivity contribution in [2.24, 2.45) is 0 Å². The van der Waals surface area contributed by atoms with Gasteiger partial charge in [0, 0.05) is 10.8 Å². The van der Waals surface area contributed by atoms with Gasteiger partial charge in [0.1, 0.15) is 16.9 Å². The Hall–Kier alpha value is -1.96. The van der Waals surface area contributed by atoms with Crippen molar-refractivity contribution in [1.82, 2.24) is 0 Å². The van der Waals surface area contributed by atoms with Gasteiger partial charge in [-0.25, -0.2) is 0 Å². The first kappa shape index (κ1) is 9.28. The lowest BCUT2D eigenvalue weighted by Crippen LogP contribution is -1.80. The summed E-state index contributed by atoms with van der Waals surface area (Å²) >= 11 is 0. The molecule has 0 radical (unpaired) electrons. The van der Waals surface area contributed by atoms with E-state index in [9.17, 15) is 0 Å². The molecule has 0 fully saturated rings. The minimum Gasteiger partial charge on any atom is -0.497 e. The number of aryl methyl sites for hydroxylation is 1. The minimum atomic E-state index is 0.857. The lowest BCUT2D eigenvalue weighted by Gasteiger charge is -1.97. The molecule has 0 aliphatic rings. The summed E-state index contributed by atoms with van der Waals surface area (Å²) in [6, 6.07) is 12.1. The Morgan fingerprint density at radius 1 is 0.938 bits per heavy atom. The van der Waals surface area contributed by atoms with Gasteiger partial charge in [0.15, 0.2) is 0 Å². The number of hydrogen-bond donors (Lipinski definition) is 0. The molecule has 2 nitrogen and oxygen atoms in total. The molecule has 3 rings (SSSR count). The molecule has 0 bridgehead atoms. The van der Waals surface area contributed by atoms with Gasteiger partial charge in [-0.1, -0.05) is 12.1 Å². The second-order valence-electron chi connectivity index (χ2n) is 3.96. The number of rotatable bonds is 1. The second-order valence-corrected chi connectivity index (χ2v) is 3.96. The summed E-state index contributed by atoms with van der Waals surface area (Å²) in [4.78, 5) is 0. The van der Waals surface area contributed by atoms with Crippen LogP contribution in [0, 0.1) is 6.92 Å². The molecular weight excluding hydrogens is 200 g/mol. The van der Waals surface area contributed by atoms with E-state index in [1.807, 2.05) is 18.2 Å². The lowest BCUT2D eigenvalue weighted by molar-refractivity contribution is 0.415. The van der Waals surface area contributed by atoms with Crippen molar-refractivity contribution in [1.29, 1.82) is 0 Å². The van der Waals surface area contributed by atoms with Crippen molar-refractivity contribution in [2.75, 3.05) is 7.11 Å². The Labute approximate surface area is 93.4 Å². The Balaban J connectivity index is 2.42. The highest BCUT2D eigenvalue weighted by Gasteiger charge is 2.07. The van der Waals surface area contributed by atoms with E-state index in [1.54, 1.807) is 7.11 Å². The molecule has 1 heterocycles. The third-order valence-corrected chi connectivity index (χ3v) is 2.83. The molecule has 0 aliphatic heterocycles. The summed E-state index contributed by atoms with van der Waals surface area (Å²) in [5.74, 6) is 0.857. The minimum absolute atomic E-state index is 0.857. The highest BCUT2D eigenvalue weighted by Crippen LogP contribution is 2.31. The van der Waals surface area contributed by atoms with Crippen LogP contribution in [0.4, 0.5) is 0 Å². The van der Waals surface area contributed by atoms with Gasteiger partial charge in [-0.3, -0.25) is 0 Å². The quantitative estimate of drug-likeness (QED) is 0.610. The van der Waals surface area contributed by atoms with Crippen LogP contribution < -0.4 is 4.74 Å². The zero-order chi connectivity index (χ0) is 11.1. The van der Waals surface area contributed by atoms with E-state index in [4.69, 9.17) is 9.15 Å². The standard InChI is InChI=1S/C14H12O2/c1-9-3-5-11-12-8-10(15-2)4-6-13(12)16-14(11)7-9/h3-8H,1-2H3. The molecule has 3 aromatic rings. The predicted molar refractivity (Wildman–Crippen MR) is 65.0 cm³/mol. The predicted octanol–water partition coefficient (Wildman–Crippen LogP) is 3.90. The van der Waals surface area contributed by atoms with Crippen LogP contribution in [0.15, 0.2) is 40.8 Å². The number of methoxy groups -OCH3 is 1. The summed E-state index contributed by atoms with van der Waals surface area (Å²) in [7, 11) is 1.67. The second kappa shape index (κ2) is 3.27. The molecule has 0 atom stereocenters. The van der Waals surface area contributed by atoms with Crippen LogP contribution in [0.25, 0.3) is 21.9 Å². The van der Waals surface area contributed by atoms with Crippen molar-refractivity contribution in [2.45, 2.75) is 6.92 Å². The zero-order valence-corrected chi connectivity index (χ0v) is 9.28. The summed E-state index contributed by atoms with van der Waals surface area (Å²) < 4.78 is 11.0. The molecule has 16 heavy (non-hydrogen) atoms. The zero-order valence-electron chi connectivity index (χ0n) is 9.28. The maximum atomic E-state index is 5.78. The normalized spacial score (nSPS) is 11.1. The molecule has 0 aliphatic carbocycles. The first-order valence-electron chi connectivity index (χ1n) is 5.25. The van der Waals surface area contributed by atoms with Crippen molar-refractivity contribution in [3.8, 4) is 5.75 Å². The van der Waals surface area contributed by atoms with Gasteiger partial charge in [-0.2, -0.15) is 0 Å². The molecule has 0 spiro atoms. The van der Waals surface area contributed by atoms with E-state index in [2.05, 4.69) is 25.1 Å². The largest absolute Gasteiger partial charge is 0.497 e. The van der Waals surface area contributed by atoms with E-state index < -0.39 is 0 Å². The molecule has 0 saturated carbocycles. The Bertz CT molecular complexity index is 665. The van der Waals surface area contributed by atoms with Crippen molar-refractivity contribution < 1.29 is 9.15 Å². The van der Waals surface area contributed by atoms with Crippen molar-refractivity contribution in [3.63, 3.8) is 0 Å². The van der Waals surface area contributed by atoms with Crippen molar-refractivity contribution in [3.05, 3.63) is 42.0 Å². The monoisotopic (exact) mass is 212 g/mol. The van der Waals surface area contributed by atoms with Gasteiger partial charge >= 0.3 is 0 Å². The lowest BCUT2D eigenvalue weighted by atomic mass is 10.1. The summed E-state index contributed by atoms with van der Waals surface area (Å²) in [5.41, 5.74) is 3.04. The van der Waals surface area contributed by atoms with Gasteiger partial charge in [-0.15, -0.1) is 0 Å². The van der Waals surface area contributed by atoms with Gasteiger partial charge in [0.05, 0.1) is 7.11 Å². The molecule has 0 amide bonds. The average Bonchev–Trinajstić information content (AvgIpc) is 2.65. The average molecular weight is 212 g/mol. The molecule has 0 unspecified atom stereocenters. The highest BCUT2D eigenvalue weighted by atomic mass is 16.5. The van der Waals surface area contributed by atoms with Crippen molar-refractivity contribution >= 4 is 21.9 Å². The topological polar surface area (TPSA) is 22.4 Å². The highest BCUT2D eigenvalue weighted by molar-refractivity contribution is 6.05. The summed E-state index contributed by atoms with van der Waals surface area (Å²) in [6.45, 7) is 2.06. The third-order valence-electron chi connectivity index (χ3n) is 2.83. The first-order valence-corrected chi connectivity index (χ1v) is 5.25. The van der Waals surface area contributed by atoms with Crippen LogP contribution in [-0.4, -0.2) is 7.11 Å². The molecule has 2 heteroatoms. The summed E-state index contributed by atoms with van der Waals surface area (Å²) in [5, 5.41) is 2.24. The van der Waals surface area contributed by atoms with Crippen LogP contribution in [0.5, 0.6) is 5.75 Å². The van der Waals surface area contributed by atoms with Gasteiger partial charge in [0.2, 0.25) is 0 Å². The van der Waals surface area contributed by atoms with Crippen LogP contribution in [0.3, 0.4) is 0 Å². The van der Waals surface area contributed by atoms with E-state index >= 15 is 0 Å². The molecule has 1 aromatic heterocycles. The Morgan fingerprint density at radius 2 is 1.81 bits per heavy atom. The van der Waals surface area contributed by atoms with Crippen LogP contribution >= 0.6 is 0 Å². The smallest absolute Gasteiger partial charge is 0.135 e. The Kier molecular flexibility index (Phi) is 1.90. The number of ether oxygens (including phenoxy) is 1.